The maximum absolute atomic E-state index is 12.7. The lowest BCUT2D eigenvalue weighted by molar-refractivity contribution is -0.128. The molecule has 0 unspecified atom stereocenters. The van der Waals surface area contributed by atoms with Crippen LogP contribution in [0.15, 0.2) is 60.9 Å². The topological polar surface area (TPSA) is 33.2 Å². The summed E-state index contributed by atoms with van der Waals surface area (Å²) in [6.07, 6.45) is 3.53. The molecule has 1 heterocycles. The number of halogens is 2. The predicted molar refractivity (Wildman–Crippen MR) is 81.1 cm³/mol. The van der Waals surface area contributed by atoms with Crippen LogP contribution >= 0.6 is 0 Å². The summed E-state index contributed by atoms with van der Waals surface area (Å²) in [7, 11) is 0. The average molecular weight is 302 g/mol. The first-order valence-electron chi connectivity index (χ1n) is 6.84. The van der Waals surface area contributed by atoms with E-state index in [2.05, 4.69) is 4.98 Å². The maximum Gasteiger partial charge on any atom is 0.255 e. The van der Waals surface area contributed by atoms with Gasteiger partial charge in [-0.15, -0.1) is 0 Å². The number of alkyl halides is 2. The van der Waals surface area contributed by atoms with E-state index in [0.29, 0.717) is 0 Å². The minimum Gasteiger partial charge on any atom is -0.329 e. The fourth-order valence-electron chi connectivity index (χ4n) is 1.95. The van der Waals surface area contributed by atoms with E-state index in [9.17, 15) is 13.6 Å². The third-order valence-corrected chi connectivity index (χ3v) is 3.01. The first-order valence-corrected chi connectivity index (χ1v) is 6.84. The Bertz CT molecular complexity index is 615. The predicted octanol–water partition coefficient (Wildman–Crippen LogP) is 3.39. The van der Waals surface area contributed by atoms with Gasteiger partial charge in [0, 0.05) is 25.0 Å². The molecule has 0 aliphatic rings. The Morgan fingerprint density at radius 1 is 1.14 bits per heavy atom. The summed E-state index contributed by atoms with van der Waals surface area (Å²) in [5.41, 5.74) is 1.61. The minimum atomic E-state index is -2.57. The van der Waals surface area contributed by atoms with Crippen molar-refractivity contribution in [3.05, 3.63) is 72.1 Å². The molecule has 1 amide bonds. The molecule has 0 saturated carbocycles. The van der Waals surface area contributed by atoms with Crippen LogP contribution in [0.4, 0.5) is 8.78 Å². The zero-order chi connectivity index (χ0) is 15.8. The highest BCUT2D eigenvalue weighted by atomic mass is 19.3. The number of benzene rings is 1. The number of nitrogens with zero attached hydrogens (tertiary/aromatic N) is 2. The van der Waals surface area contributed by atoms with E-state index in [0.717, 1.165) is 16.0 Å². The zero-order valence-corrected chi connectivity index (χ0v) is 11.9. The molecule has 5 heteroatoms. The molecule has 1 aromatic heterocycles. The molecule has 0 aliphatic heterocycles. The molecule has 0 spiro atoms. The van der Waals surface area contributed by atoms with Crippen molar-refractivity contribution in [1.82, 2.24) is 9.88 Å². The molecule has 0 bridgehead atoms. The van der Waals surface area contributed by atoms with Crippen LogP contribution in [0.25, 0.3) is 6.08 Å². The second-order valence-corrected chi connectivity index (χ2v) is 4.71. The quantitative estimate of drug-likeness (QED) is 0.766. The van der Waals surface area contributed by atoms with Gasteiger partial charge in [0.25, 0.3) is 6.43 Å². The van der Waals surface area contributed by atoms with Crippen LogP contribution in [0.5, 0.6) is 0 Å². The molecular weight excluding hydrogens is 286 g/mol. The van der Waals surface area contributed by atoms with E-state index in [1.807, 2.05) is 18.2 Å². The van der Waals surface area contributed by atoms with Gasteiger partial charge in [-0.1, -0.05) is 30.3 Å². The Labute approximate surface area is 127 Å². The number of pyridine rings is 1. The molecule has 0 N–H and O–H groups in total. The molecule has 2 rings (SSSR count). The summed E-state index contributed by atoms with van der Waals surface area (Å²) in [6.45, 7) is -0.431. The zero-order valence-electron chi connectivity index (χ0n) is 11.9. The average Bonchev–Trinajstić information content (AvgIpc) is 2.53. The van der Waals surface area contributed by atoms with Gasteiger partial charge in [0.2, 0.25) is 5.91 Å². The minimum absolute atomic E-state index is 0.157. The van der Waals surface area contributed by atoms with Crippen molar-refractivity contribution in [3.63, 3.8) is 0 Å². The number of carbonyl (C=O) groups excluding carboxylic acids is 1. The molecule has 2 aromatic rings. The van der Waals surface area contributed by atoms with Crippen molar-refractivity contribution in [2.75, 3.05) is 6.54 Å². The third kappa shape index (κ3) is 5.09. The molecule has 0 atom stereocenters. The summed E-state index contributed by atoms with van der Waals surface area (Å²) in [6, 6.07) is 12.5. The highest BCUT2D eigenvalue weighted by Gasteiger charge is 2.16. The maximum atomic E-state index is 12.7. The first-order chi connectivity index (χ1) is 10.6. The van der Waals surface area contributed by atoms with Crippen molar-refractivity contribution in [2.45, 2.75) is 13.0 Å². The van der Waals surface area contributed by atoms with Gasteiger partial charge in [-0.2, -0.15) is 0 Å². The van der Waals surface area contributed by atoms with Crippen LogP contribution in [0, 0.1) is 0 Å². The van der Waals surface area contributed by atoms with Crippen LogP contribution in [-0.2, 0) is 11.3 Å². The Balaban J connectivity index is 2.07. The van der Waals surface area contributed by atoms with E-state index < -0.39 is 18.9 Å². The summed E-state index contributed by atoms with van der Waals surface area (Å²) < 4.78 is 25.4. The summed E-state index contributed by atoms with van der Waals surface area (Å²) in [4.78, 5) is 17.2. The standard InChI is InChI=1S/C17H16F2N2O/c18-16(19)13-21(12-15-4-2-1-3-5-15)17(22)7-6-14-8-10-20-11-9-14/h1-11,16H,12-13H2. The SMILES string of the molecule is O=C(C=Cc1ccncc1)N(Cc1ccccc1)CC(F)F. The van der Waals surface area contributed by atoms with Crippen LogP contribution in [0.1, 0.15) is 11.1 Å². The van der Waals surface area contributed by atoms with Gasteiger partial charge < -0.3 is 4.90 Å². The fraction of sp³-hybridized carbons (Fsp3) is 0.176. The molecule has 0 aliphatic carbocycles. The molecular formula is C17H16F2N2O. The van der Waals surface area contributed by atoms with Crippen LogP contribution in [0.2, 0.25) is 0 Å². The van der Waals surface area contributed by atoms with Crippen LogP contribution < -0.4 is 0 Å². The second-order valence-electron chi connectivity index (χ2n) is 4.71. The molecule has 0 saturated heterocycles. The smallest absolute Gasteiger partial charge is 0.255 e. The number of carbonyl (C=O) groups is 1. The van der Waals surface area contributed by atoms with Crippen LogP contribution in [-0.4, -0.2) is 28.8 Å². The monoisotopic (exact) mass is 302 g/mol. The van der Waals surface area contributed by atoms with Gasteiger partial charge >= 0.3 is 0 Å². The third-order valence-electron chi connectivity index (χ3n) is 3.01. The van der Waals surface area contributed by atoms with Crippen molar-refractivity contribution in [1.29, 1.82) is 0 Å². The normalized spacial score (nSPS) is 11.0. The Kier molecular flexibility index (Phi) is 5.77. The Hall–Kier alpha value is -2.56. The number of hydrogen-bond donors (Lipinski definition) is 0. The first kappa shape index (κ1) is 15.8. The highest BCUT2D eigenvalue weighted by molar-refractivity contribution is 5.91. The molecule has 0 radical (unpaired) electrons. The second kappa shape index (κ2) is 8.02. The highest BCUT2D eigenvalue weighted by Crippen LogP contribution is 2.09. The van der Waals surface area contributed by atoms with Gasteiger partial charge in [0.15, 0.2) is 0 Å². The van der Waals surface area contributed by atoms with Gasteiger partial charge in [0.05, 0.1) is 6.54 Å². The number of aromatic nitrogens is 1. The van der Waals surface area contributed by atoms with Crippen molar-refractivity contribution in [2.24, 2.45) is 0 Å². The molecule has 114 valence electrons. The molecule has 0 fully saturated rings. The van der Waals surface area contributed by atoms with E-state index >= 15 is 0 Å². The molecule has 3 nitrogen and oxygen atoms in total. The van der Waals surface area contributed by atoms with Crippen molar-refractivity contribution in [3.8, 4) is 0 Å². The molecule has 1 aromatic carbocycles. The van der Waals surface area contributed by atoms with Gasteiger partial charge in [-0.05, 0) is 29.3 Å². The van der Waals surface area contributed by atoms with Crippen molar-refractivity contribution >= 4 is 12.0 Å². The van der Waals surface area contributed by atoms with Crippen LogP contribution in [0.3, 0.4) is 0 Å². The largest absolute Gasteiger partial charge is 0.329 e. The lowest BCUT2D eigenvalue weighted by atomic mass is 10.2. The fourth-order valence-corrected chi connectivity index (χ4v) is 1.95. The number of hydrogen-bond acceptors (Lipinski definition) is 2. The van der Waals surface area contributed by atoms with E-state index in [1.54, 1.807) is 42.7 Å². The number of rotatable bonds is 6. The summed E-state index contributed by atoms with van der Waals surface area (Å²) >= 11 is 0. The van der Waals surface area contributed by atoms with E-state index in [1.165, 1.54) is 6.08 Å². The summed E-state index contributed by atoms with van der Waals surface area (Å²) in [5.74, 6) is -0.444. The lowest BCUT2D eigenvalue weighted by Gasteiger charge is -2.20. The van der Waals surface area contributed by atoms with E-state index in [4.69, 9.17) is 0 Å². The Morgan fingerprint density at radius 3 is 2.45 bits per heavy atom. The lowest BCUT2D eigenvalue weighted by Crippen LogP contribution is -2.33. The summed E-state index contributed by atoms with van der Waals surface area (Å²) in [5, 5.41) is 0. The number of amides is 1. The molecule has 22 heavy (non-hydrogen) atoms. The Morgan fingerprint density at radius 2 is 1.82 bits per heavy atom. The van der Waals surface area contributed by atoms with Gasteiger partial charge in [-0.25, -0.2) is 8.78 Å². The van der Waals surface area contributed by atoms with Gasteiger partial charge in [-0.3, -0.25) is 9.78 Å². The van der Waals surface area contributed by atoms with E-state index in [-0.39, 0.29) is 6.54 Å². The van der Waals surface area contributed by atoms with Crippen molar-refractivity contribution < 1.29 is 13.6 Å². The van der Waals surface area contributed by atoms with Gasteiger partial charge in [0.1, 0.15) is 0 Å².